The molecular weight excluding hydrogens is 200 g/mol. The van der Waals surface area contributed by atoms with E-state index in [1.165, 1.54) is 32.4 Å². The van der Waals surface area contributed by atoms with Crippen LogP contribution in [0.1, 0.15) is 33.1 Å². The van der Waals surface area contributed by atoms with E-state index in [2.05, 4.69) is 18.7 Å². The third-order valence-corrected chi connectivity index (χ3v) is 3.34. The minimum Gasteiger partial charge on any atom is -0.380 e. The summed E-state index contributed by atoms with van der Waals surface area (Å²) in [5.74, 6) is 1.58. The van der Waals surface area contributed by atoms with E-state index in [0.717, 1.165) is 38.1 Å². The van der Waals surface area contributed by atoms with Gasteiger partial charge in [-0.25, -0.2) is 0 Å². The van der Waals surface area contributed by atoms with Crippen molar-refractivity contribution in [2.75, 3.05) is 39.4 Å². The molecule has 1 atom stereocenters. The summed E-state index contributed by atoms with van der Waals surface area (Å²) in [7, 11) is 0. The zero-order valence-corrected chi connectivity index (χ0v) is 11.0. The lowest BCUT2D eigenvalue weighted by Gasteiger charge is -2.16. The Bertz CT molecular complexity index is 173. The second-order valence-corrected chi connectivity index (χ2v) is 5.33. The first-order valence-electron chi connectivity index (χ1n) is 6.72. The fraction of sp³-hybridized carbons (Fsp3) is 1.00. The molecule has 1 rings (SSSR count). The highest BCUT2D eigenvalue weighted by molar-refractivity contribution is 4.75. The summed E-state index contributed by atoms with van der Waals surface area (Å²) in [5.41, 5.74) is 5.58. The predicted molar refractivity (Wildman–Crippen MR) is 68.5 cm³/mol. The Balaban J connectivity index is 1.94. The van der Waals surface area contributed by atoms with Crippen LogP contribution in [0.5, 0.6) is 0 Å². The summed E-state index contributed by atoms with van der Waals surface area (Å²) in [6.07, 6.45) is 3.68. The van der Waals surface area contributed by atoms with E-state index < -0.39 is 0 Å². The highest BCUT2D eigenvalue weighted by Crippen LogP contribution is 2.18. The average Bonchev–Trinajstić information content (AvgIpc) is 2.65. The van der Waals surface area contributed by atoms with Gasteiger partial charge in [-0.15, -0.1) is 0 Å². The van der Waals surface area contributed by atoms with Gasteiger partial charge < -0.3 is 15.4 Å². The van der Waals surface area contributed by atoms with E-state index >= 15 is 0 Å². The first-order chi connectivity index (χ1) is 7.72. The van der Waals surface area contributed by atoms with Gasteiger partial charge >= 0.3 is 0 Å². The van der Waals surface area contributed by atoms with Crippen LogP contribution in [0.4, 0.5) is 0 Å². The summed E-state index contributed by atoms with van der Waals surface area (Å²) in [4.78, 5) is 2.51. The molecule has 1 fully saturated rings. The Morgan fingerprint density at radius 1 is 1.38 bits per heavy atom. The lowest BCUT2D eigenvalue weighted by molar-refractivity contribution is 0.102. The van der Waals surface area contributed by atoms with Gasteiger partial charge in [0.25, 0.3) is 0 Å². The van der Waals surface area contributed by atoms with E-state index in [0.29, 0.717) is 0 Å². The van der Waals surface area contributed by atoms with Crippen molar-refractivity contribution in [2.24, 2.45) is 17.6 Å². The molecule has 0 spiro atoms. The molecule has 1 aliphatic rings. The van der Waals surface area contributed by atoms with Crippen molar-refractivity contribution in [1.29, 1.82) is 0 Å². The summed E-state index contributed by atoms with van der Waals surface area (Å²) in [6.45, 7) is 10.7. The number of likely N-dealkylation sites (tertiary alicyclic amines) is 1. The first-order valence-corrected chi connectivity index (χ1v) is 6.72. The second kappa shape index (κ2) is 8.04. The van der Waals surface area contributed by atoms with Crippen LogP contribution in [-0.4, -0.2) is 44.3 Å². The van der Waals surface area contributed by atoms with Crippen molar-refractivity contribution in [2.45, 2.75) is 33.1 Å². The lowest BCUT2D eigenvalue weighted by atomic mass is 10.1. The number of ether oxygens (including phenoxy) is 1. The smallest absolute Gasteiger partial charge is 0.0593 e. The SMILES string of the molecule is CC(C)CCOCCN1CCC(CCN)C1. The van der Waals surface area contributed by atoms with E-state index in [9.17, 15) is 0 Å². The maximum Gasteiger partial charge on any atom is 0.0593 e. The van der Waals surface area contributed by atoms with E-state index in [-0.39, 0.29) is 0 Å². The van der Waals surface area contributed by atoms with Crippen molar-refractivity contribution in [3.05, 3.63) is 0 Å². The Morgan fingerprint density at radius 3 is 2.88 bits per heavy atom. The van der Waals surface area contributed by atoms with Crippen LogP contribution in [0.2, 0.25) is 0 Å². The third kappa shape index (κ3) is 5.83. The molecule has 16 heavy (non-hydrogen) atoms. The molecule has 3 nitrogen and oxygen atoms in total. The second-order valence-electron chi connectivity index (χ2n) is 5.33. The van der Waals surface area contributed by atoms with Crippen LogP contribution >= 0.6 is 0 Å². The van der Waals surface area contributed by atoms with Gasteiger partial charge in [-0.1, -0.05) is 13.8 Å². The van der Waals surface area contributed by atoms with Crippen molar-refractivity contribution in [3.8, 4) is 0 Å². The Labute approximate surface area is 100 Å². The molecule has 2 N–H and O–H groups in total. The van der Waals surface area contributed by atoms with Gasteiger partial charge in [0.05, 0.1) is 6.61 Å². The van der Waals surface area contributed by atoms with E-state index in [4.69, 9.17) is 10.5 Å². The maximum absolute atomic E-state index is 5.64. The zero-order chi connectivity index (χ0) is 11.8. The van der Waals surface area contributed by atoms with Gasteiger partial charge in [0.2, 0.25) is 0 Å². The monoisotopic (exact) mass is 228 g/mol. The molecule has 1 heterocycles. The average molecular weight is 228 g/mol. The maximum atomic E-state index is 5.64. The van der Waals surface area contributed by atoms with Crippen LogP contribution in [0.3, 0.4) is 0 Å². The molecule has 1 aliphatic heterocycles. The Kier molecular flexibility index (Phi) is 7.01. The van der Waals surface area contributed by atoms with Crippen LogP contribution in [0.15, 0.2) is 0 Å². The topological polar surface area (TPSA) is 38.5 Å². The Morgan fingerprint density at radius 2 is 2.19 bits per heavy atom. The number of hydrogen-bond donors (Lipinski definition) is 1. The van der Waals surface area contributed by atoms with Crippen molar-refractivity contribution >= 4 is 0 Å². The summed E-state index contributed by atoms with van der Waals surface area (Å²) in [6, 6.07) is 0. The quantitative estimate of drug-likeness (QED) is 0.643. The van der Waals surface area contributed by atoms with Gasteiger partial charge in [-0.3, -0.25) is 0 Å². The molecule has 0 bridgehead atoms. The van der Waals surface area contributed by atoms with Crippen molar-refractivity contribution < 1.29 is 4.74 Å². The first kappa shape index (κ1) is 13.9. The molecular formula is C13H28N2O. The van der Waals surface area contributed by atoms with Crippen LogP contribution in [0.25, 0.3) is 0 Å². The number of nitrogens with zero attached hydrogens (tertiary/aromatic N) is 1. The molecule has 0 aliphatic carbocycles. The summed E-state index contributed by atoms with van der Waals surface area (Å²) in [5, 5.41) is 0. The van der Waals surface area contributed by atoms with Crippen LogP contribution < -0.4 is 5.73 Å². The molecule has 0 aromatic carbocycles. The number of rotatable bonds is 8. The molecule has 0 amide bonds. The molecule has 0 aromatic rings. The molecule has 0 saturated carbocycles. The lowest BCUT2D eigenvalue weighted by Crippen LogP contribution is -2.25. The number of nitrogens with two attached hydrogens (primary N) is 1. The fourth-order valence-electron chi connectivity index (χ4n) is 2.20. The summed E-state index contributed by atoms with van der Waals surface area (Å²) >= 11 is 0. The zero-order valence-electron chi connectivity index (χ0n) is 11.0. The molecule has 1 unspecified atom stereocenters. The Hall–Kier alpha value is -0.120. The van der Waals surface area contributed by atoms with Crippen molar-refractivity contribution in [3.63, 3.8) is 0 Å². The van der Waals surface area contributed by atoms with Crippen LogP contribution in [0, 0.1) is 11.8 Å². The standard InChI is InChI=1S/C13H28N2O/c1-12(2)5-9-16-10-8-15-7-4-13(11-15)3-6-14/h12-13H,3-11,14H2,1-2H3. The summed E-state index contributed by atoms with van der Waals surface area (Å²) < 4.78 is 5.64. The van der Waals surface area contributed by atoms with Gasteiger partial charge in [0.15, 0.2) is 0 Å². The largest absolute Gasteiger partial charge is 0.380 e. The number of hydrogen-bond acceptors (Lipinski definition) is 3. The van der Waals surface area contributed by atoms with Gasteiger partial charge in [0, 0.05) is 19.7 Å². The van der Waals surface area contributed by atoms with Crippen molar-refractivity contribution in [1.82, 2.24) is 4.90 Å². The molecule has 1 saturated heterocycles. The highest BCUT2D eigenvalue weighted by Gasteiger charge is 2.20. The van der Waals surface area contributed by atoms with Gasteiger partial charge in [-0.2, -0.15) is 0 Å². The molecule has 0 aromatic heterocycles. The molecule has 96 valence electrons. The van der Waals surface area contributed by atoms with Crippen LogP contribution in [-0.2, 0) is 4.74 Å². The molecule has 0 radical (unpaired) electrons. The normalized spacial score (nSPS) is 22.1. The third-order valence-electron chi connectivity index (χ3n) is 3.34. The van der Waals surface area contributed by atoms with E-state index in [1.54, 1.807) is 0 Å². The fourth-order valence-corrected chi connectivity index (χ4v) is 2.20. The highest BCUT2D eigenvalue weighted by atomic mass is 16.5. The minimum absolute atomic E-state index is 0.751. The molecule has 3 heteroatoms. The van der Waals surface area contributed by atoms with Gasteiger partial charge in [-0.05, 0) is 44.2 Å². The minimum atomic E-state index is 0.751. The van der Waals surface area contributed by atoms with Gasteiger partial charge in [0.1, 0.15) is 0 Å². The predicted octanol–water partition coefficient (Wildman–Crippen LogP) is 1.72. The van der Waals surface area contributed by atoms with E-state index in [1.807, 2.05) is 0 Å².